The minimum absolute atomic E-state index is 0.0743. The number of nitrogens with zero attached hydrogens (tertiary/aromatic N) is 1. The number of rotatable bonds is 5. The number of hydrogen-bond donors (Lipinski definition) is 1. The minimum atomic E-state index is 0.0743. The van der Waals surface area contributed by atoms with E-state index in [1.807, 2.05) is 0 Å². The van der Waals surface area contributed by atoms with Crippen molar-refractivity contribution in [1.29, 1.82) is 0 Å². The molecule has 1 atom stereocenters. The average molecular weight is 397 g/mol. The van der Waals surface area contributed by atoms with Crippen LogP contribution in [-0.2, 0) is 24.8 Å². The molecule has 0 amide bonds. The summed E-state index contributed by atoms with van der Waals surface area (Å²) in [6.07, 6.45) is 4.78. The van der Waals surface area contributed by atoms with Gasteiger partial charge in [0.15, 0.2) is 0 Å². The summed E-state index contributed by atoms with van der Waals surface area (Å²) in [4.78, 5) is 2.68. The lowest BCUT2D eigenvalue weighted by molar-refractivity contribution is 0.266. The van der Waals surface area contributed by atoms with Gasteiger partial charge in [0.05, 0.1) is 0 Å². The van der Waals surface area contributed by atoms with Gasteiger partial charge in [0.1, 0.15) is 0 Å². The SMILES string of the molecule is c1ccc(C2(CCCN3CCc4ccccc4CC3)CNCc3ccccc32)cc1. The van der Waals surface area contributed by atoms with Crippen LogP contribution in [0.25, 0.3) is 0 Å². The molecule has 0 aliphatic carbocycles. The molecule has 154 valence electrons. The van der Waals surface area contributed by atoms with Crippen molar-refractivity contribution in [2.45, 2.75) is 37.6 Å². The molecule has 2 nitrogen and oxygen atoms in total. The van der Waals surface area contributed by atoms with Gasteiger partial charge in [-0.15, -0.1) is 0 Å². The van der Waals surface area contributed by atoms with Crippen LogP contribution in [0.5, 0.6) is 0 Å². The van der Waals surface area contributed by atoms with E-state index in [4.69, 9.17) is 0 Å². The zero-order chi connectivity index (χ0) is 20.2. The quantitative estimate of drug-likeness (QED) is 0.656. The zero-order valence-electron chi connectivity index (χ0n) is 17.8. The molecule has 2 heterocycles. The van der Waals surface area contributed by atoms with Crippen LogP contribution in [0, 0.1) is 0 Å². The first-order chi connectivity index (χ1) is 14.9. The Morgan fingerprint density at radius 3 is 2.10 bits per heavy atom. The average Bonchev–Trinajstić information content (AvgIpc) is 3.02. The van der Waals surface area contributed by atoms with Crippen molar-refractivity contribution in [1.82, 2.24) is 10.2 Å². The van der Waals surface area contributed by atoms with Crippen molar-refractivity contribution >= 4 is 0 Å². The van der Waals surface area contributed by atoms with Crippen molar-refractivity contribution in [2.24, 2.45) is 0 Å². The van der Waals surface area contributed by atoms with Gasteiger partial charge in [0.2, 0.25) is 0 Å². The Bertz CT molecular complexity index is 954. The molecule has 2 aliphatic heterocycles. The fraction of sp³-hybridized carbons (Fsp3) is 0.357. The van der Waals surface area contributed by atoms with E-state index in [1.165, 1.54) is 62.0 Å². The zero-order valence-corrected chi connectivity index (χ0v) is 17.8. The van der Waals surface area contributed by atoms with Crippen LogP contribution in [0.15, 0.2) is 78.9 Å². The first-order valence-corrected chi connectivity index (χ1v) is 11.5. The minimum Gasteiger partial charge on any atom is -0.311 e. The summed E-state index contributed by atoms with van der Waals surface area (Å²) in [5.41, 5.74) is 7.60. The molecule has 0 fully saturated rings. The van der Waals surface area contributed by atoms with Crippen LogP contribution in [0.3, 0.4) is 0 Å². The summed E-state index contributed by atoms with van der Waals surface area (Å²) < 4.78 is 0. The Hall–Kier alpha value is -2.42. The monoisotopic (exact) mass is 396 g/mol. The van der Waals surface area contributed by atoms with E-state index in [-0.39, 0.29) is 5.41 Å². The number of fused-ring (bicyclic) bond motifs is 2. The molecule has 30 heavy (non-hydrogen) atoms. The van der Waals surface area contributed by atoms with Gasteiger partial charge in [-0.2, -0.15) is 0 Å². The van der Waals surface area contributed by atoms with Crippen molar-refractivity contribution in [3.05, 3.63) is 107 Å². The van der Waals surface area contributed by atoms with Gasteiger partial charge in [-0.1, -0.05) is 78.9 Å². The van der Waals surface area contributed by atoms with Gasteiger partial charge in [0, 0.05) is 31.6 Å². The molecular formula is C28H32N2. The van der Waals surface area contributed by atoms with E-state index in [1.54, 1.807) is 11.1 Å². The molecule has 0 bridgehead atoms. The summed E-state index contributed by atoms with van der Waals surface area (Å²) in [5, 5.41) is 3.73. The lowest BCUT2D eigenvalue weighted by atomic mass is 9.68. The molecule has 5 rings (SSSR count). The molecule has 0 spiro atoms. The Morgan fingerprint density at radius 2 is 1.37 bits per heavy atom. The van der Waals surface area contributed by atoms with Gasteiger partial charge >= 0.3 is 0 Å². The topological polar surface area (TPSA) is 15.3 Å². The highest BCUT2D eigenvalue weighted by atomic mass is 15.1. The summed E-state index contributed by atoms with van der Waals surface area (Å²) in [5.74, 6) is 0. The Balaban J connectivity index is 1.33. The second-order valence-corrected chi connectivity index (χ2v) is 8.92. The Kier molecular flexibility index (Phi) is 5.70. The van der Waals surface area contributed by atoms with E-state index in [2.05, 4.69) is 89.1 Å². The summed E-state index contributed by atoms with van der Waals surface area (Å²) >= 11 is 0. The summed E-state index contributed by atoms with van der Waals surface area (Å²) in [7, 11) is 0. The molecule has 1 N–H and O–H groups in total. The fourth-order valence-corrected chi connectivity index (χ4v) is 5.57. The summed E-state index contributed by atoms with van der Waals surface area (Å²) in [6.45, 7) is 5.56. The molecule has 1 unspecified atom stereocenters. The molecule has 0 saturated carbocycles. The molecular weight excluding hydrogens is 364 g/mol. The second-order valence-electron chi connectivity index (χ2n) is 8.92. The van der Waals surface area contributed by atoms with Gasteiger partial charge in [-0.3, -0.25) is 0 Å². The van der Waals surface area contributed by atoms with E-state index >= 15 is 0 Å². The molecule has 0 radical (unpaired) electrons. The van der Waals surface area contributed by atoms with Crippen LogP contribution in [0.4, 0.5) is 0 Å². The Morgan fingerprint density at radius 1 is 0.733 bits per heavy atom. The van der Waals surface area contributed by atoms with E-state index in [0.717, 1.165) is 13.1 Å². The molecule has 0 saturated heterocycles. The van der Waals surface area contributed by atoms with Crippen LogP contribution >= 0.6 is 0 Å². The van der Waals surface area contributed by atoms with E-state index < -0.39 is 0 Å². The third-order valence-electron chi connectivity index (χ3n) is 7.19. The van der Waals surface area contributed by atoms with Crippen molar-refractivity contribution in [3.63, 3.8) is 0 Å². The second kappa shape index (κ2) is 8.75. The van der Waals surface area contributed by atoms with E-state index in [9.17, 15) is 0 Å². The first-order valence-electron chi connectivity index (χ1n) is 11.5. The van der Waals surface area contributed by atoms with Gasteiger partial charge < -0.3 is 10.2 Å². The standard InChI is InChI=1S/C28H32N2/c1-2-12-26(13-3-1)28(22-29-21-25-11-6-7-14-27(25)28)17-8-18-30-19-15-23-9-4-5-10-24(23)16-20-30/h1-7,9-14,29H,8,15-22H2. The smallest absolute Gasteiger partial charge is 0.0331 e. The molecule has 3 aromatic rings. The van der Waals surface area contributed by atoms with E-state index in [0.29, 0.717) is 0 Å². The maximum atomic E-state index is 3.73. The molecule has 3 aromatic carbocycles. The number of nitrogens with one attached hydrogen (secondary N) is 1. The van der Waals surface area contributed by atoms with Crippen LogP contribution in [-0.4, -0.2) is 31.1 Å². The fourth-order valence-electron chi connectivity index (χ4n) is 5.57. The molecule has 2 aliphatic rings. The normalized spacial score (nSPS) is 21.5. The van der Waals surface area contributed by atoms with Gasteiger partial charge in [0.25, 0.3) is 0 Å². The largest absolute Gasteiger partial charge is 0.311 e. The molecule has 2 heteroatoms. The highest BCUT2D eigenvalue weighted by Gasteiger charge is 2.37. The van der Waals surface area contributed by atoms with Crippen molar-refractivity contribution in [3.8, 4) is 0 Å². The predicted octanol–water partition coefficient (Wildman–Crippen LogP) is 4.96. The maximum absolute atomic E-state index is 3.73. The highest BCUT2D eigenvalue weighted by molar-refractivity contribution is 5.46. The third-order valence-corrected chi connectivity index (χ3v) is 7.19. The van der Waals surface area contributed by atoms with Crippen molar-refractivity contribution < 1.29 is 0 Å². The third kappa shape index (κ3) is 3.82. The Labute approximate surface area is 180 Å². The first kappa shape index (κ1) is 19.5. The van der Waals surface area contributed by atoms with Crippen LogP contribution in [0.2, 0.25) is 0 Å². The van der Waals surface area contributed by atoms with Gasteiger partial charge in [-0.05, 0) is 60.0 Å². The number of benzene rings is 3. The van der Waals surface area contributed by atoms with Crippen LogP contribution in [0.1, 0.15) is 40.7 Å². The van der Waals surface area contributed by atoms with Crippen LogP contribution < -0.4 is 5.32 Å². The number of hydrogen-bond acceptors (Lipinski definition) is 2. The molecule has 0 aromatic heterocycles. The van der Waals surface area contributed by atoms with Crippen molar-refractivity contribution in [2.75, 3.05) is 26.2 Å². The lowest BCUT2D eigenvalue weighted by Crippen LogP contribution is -2.44. The lowest BCUT2D eigenvalue weighted by Gasteiger charge is -2.41. The maximum Gasteiger partial charge on any atom is 0.0331 e. The van der Waals surface area contributed by atoms with Gasteiger partial charge in [-0.25, -0.2) is 0 Å². The highest BCUT2D eigenvalue weighted by Crippen LogP contribution is 2.40. The summed E-state index contributed by atoms with van der Waals surface area (Å²) in [6, 6.07) is 29.2. The predicted molar refractivity (Wildman–Crippen MR) is 125 cm³/mol.